The van der Waals surface area contributed by atoms with Gasteiger partial charge < -0.3 is 4.74 Å². The van der Waals surface area contributed by atoms with Crippen molar-refractivity contribution in [3.63, 3.8) is 0 Å². The molecule has 2 aliphatic heterocycles. The van der Waals surface area contributed by atoms with Gasteiger partial charge in [-0.1, -0.05) is 48.0 Å². The minimum atomic E-state index is -1.12. The Hall–Kier alpha value is -3.64. The number of rotatable bonds is 4. The van der Waals surface area contributed by atoms with Crippen molar-refractivity contribution in [2.75, 3.05) is 17.1 Å². The number of para-hydroxylation sites is 1. The minimum Gasteiger partial charge on any atom is -0.497 e. The van der Waals surface area contributed by atoms with Gasteiger partial charge in [0.15, 0.2) is 6.10 Å². The van der Waals surface area contributed by atoms with Gasteiger partial charge in [0.2, 0.25) is 5.91 Å². The molecule has 34 heavy (non-hydrogen) atoms. The molecule has 3 atom stereocenters. The number of methoxy groups -OCH3 is 1. The predicted molar refractivity (Wildman–Crippen MR) is 131 cm³/mol. The summed E-state index contributed by atoms with van der Waals surface area (Å²) >= 11 is 0. The second kappa shape index (κ2) is 7.99. The maximum Gasteiger partial charge on any atom is 0.266 e. The average Bonchev–Trinajstić information content (AvgIpc) is 3.23. The summed E-state index contributed by atoms with van der Waals surface area (Å²) in [6.07, 6.45) is -0.938. The number of hydrogen-bond acceptors (Lipinski definition) is 5. The van der Waals surface area contributed by atoms with E-state index in [1.54, 1.807) is 12.2 Å². The molecule has 3 unspecified atom stereocenters. The van der Waals surface area contributed by atoms with Crippen molar-refractivity contribution in [3.8, 4) is 5.75 Å². The van der Waals surface area contributed by atoms with Gasteiger partial charge in [-0.2, -0.15) is 0 Å². The summed E-state index contributed by atoms with van der Waals surface area (Å²) < 4.78 is 5.33. The lowest BCUT2D eigenvalue weighted by Gasteiger charge is -2.33. The lowest BCUT2D eigenvalue weighted by Crippen LogP contribution is -2.41. The smallest absolute Gasteiger partial charge is 0.266 e. The third-order valence-electron chi connectivity index (χ3n) is 6.98. The first kappa shape index (κ1) is 22.2. The Kier molecular flexibility index (Phi) is 5.21. The number of aryl methyl sites for hydroxylation is 3. The second-order valence-electron chi connectivity index (χ2n) is 9.33. The van der Waals surface area contributed by atoms with Crippen LogP contribution in [0.5, 0.6) is 5.75 Å². The molecule has 3 aromatic rings. The number of amides is 2. The van der Waals surface area contributed by atoms with E-state index in [9.17, 15) is 9.59 Å². The third-order valence-corrected chi connectivity index (χ3v) is 6.98. The Labute approximate surface area is 199 Å². The lowest BCUT2D eigenvalue weighted by atomic mass is 9.76. The molecule has 2 saturated heterocycles. The Morgan fingerprint density at radius 1 is 0.912 bits per heavy atom. The SMILES string of the molecule is COc1ccc(C2N(c3ccccc3)OC3C(=O)N(c4c(C)cc(C)cc4C)C(=O)C32C)cc1. The number of anilines is 2. The van der Waals surface area contributed by atoms with Crippen molar-refractivity contribution in [1.29, 1.82) is 0 Å². The molecule has 0 saturated carbocycles. The standard InChI is InChI=1S/C28H28N2O4/c1-17-15-18(2)23(19(3)16-17)29-26(31)25-28(4,27(29)32)24(20-11-13-22(33-5)14-12-20)30(34-25)21-9-7-6-8-10-21/h6-16,24-25H,1-5H3. The van der Waals surface area contributed by atoms with Crippen LogP contribution < -0.4 is 14.7 Å². The van der Waals surface area contributed by atoms with E-state index in [4.69, 9.17) is 9.57 Å². The van der Waals surface area contributed by atoms with Crippen LogP contribution in [0.15, 0.2) is 66.7 Å². The van der Waals surface area contributed by atoms with Crippen molar-refractivity contribution in [2.24, 2.45) is 5.41 Å². The number of ether oxygens (including phenoxy) is 1. The summed E-state index contributed by atoms with van der Waals surface area (Å²) in [6, 6.07) is 20.7. The highest BCUT2D eigenvalue weighted by Crippen LogP contribution is 2.56. The summed E-state index contributed by atoms with van der Waals surface area (Å²) in [5.74, 6) is 0.133. The molecule has 2 amide bonds. The number of hydrogen-bond donors (Lipinski definition) is 0. The second-order valence-corrected chi connectivity index (χ2v) is 9.33. The molecule has 0 aromatic heterocycles. The summed E-state index contributed by atoms with van der Waals surface area (Å²) in [7, 11) is 1.62. The molecule has 6 nitrogen and oxygen atoms in total. The predicted octanol–water partition coefficient (Wildman–Crippen LogP) is 5.06. The van der Waals surface area contributed by atoms with Gasteiger partial charge in [0, 0.05) is 0 Å². The Bertz CT molecular complexity index is 1250. The molecule has 2 fully saturated rings. The fourth-order valence-electron chi connectivity index (χ4n) is 5.45. The Morgan fingerprint density at radius 2 is 1.53 bits per heavy atom. The topological polar surface area (TPSA) is 59.1 Å². The van der Waals surface area contributed by atoms with E-state index in [0.717, 1.165) is 33.7 Å². The fraction of sp³-hybridized carbons (Fsp3) is 0.286. The number of fused-ring (bicyclic) bond motifs is 1. The monoisotopic (exact) mass is 456 g/mol. The van der Waals surface area contributed by atoms with Gasteiger partial charge in [0.05, 0.1) is 24.5 Å². The summed E-state index contributed by atoms with van der Waals surface area (Å²) in [4.78, 5) is 35.6. The highest BCUT2D eigenvalue weighted by molar-refractivity contribution is 6.26. The van der Waals surface area contributed by atoms with Crippen molar-refractivity contribution >= 4 is 23.2 Å². The molecular weight excluding hydrogens is 428 g/mol. The lowest BCUT2D eigenvalue weighted by molar-refractivity contribution is -0.128. The van der Waals surface area contributed by atoms with Crippen LogP contribution >= 0.6 is 0 Å². The molecular formula is C28H28N2O4. The first-order chi connectivity index (χ1) is 16.3. The van der Waals surface area contributed by atoms with E-state index < -0.39 is 17.6 Å². The zero-order valence-electron chi connectivity index (χ0n) is 20.0. The van der Waals surface area contributed by atoms with E-state index in [1.165, 1.54) is 4.90 Å². The highest BCUT2D eigenvalue weighted by atomic mass is 16.7. The zero-order chi connectivity index (χ0) is 24.2. The molecule has 0 N–H and O–H groups in total. The van der Waals surface area contributed by atoms with Crippen LogP contribution in [0.4, 0.5) is 11.4 Å². The van der Waals surface area contributed by atoms with E-state index in [1.807, 2.05) is 94.4 Å². The van der Waals surface area contributed by atoms with Gasteiger partial charge in [0.25, 0.3) is 5.91 Å². The van der Waals surface area contributed by atoms with Gasteiger partial charge in [-0.25, -0.2) is 9.96 Å². The van der Waals surface area contributed by atoms with Crippen LogP contribution in [0, 0.1) is 26.2 Å². The molecule has 0 radical (unpaired) electrons. The quantitative estimate of drug-likeness (QED) is 0.514. The number of benzene rings is 3. The van der Waals surface area contributed by atoms with Crippen LogP contribution in [0.2, 0.25) is 0 Å². The van der Waals surface area contributed by atoms with Gasteiger partial charge >= 0.3 is 0 Å². The average molecular weight is 457 g/mol. The van der Waals surface area contributed by atoms with Crippen LogP contribution in [0.25, 0.3) is 0 Å². The van der Waals surface area contributed by atoms with Crippen molar-refractivity contribution in [1.82, 2.24) is 0 Å². The van der Waals surface area contributed by atoms with Crippen LogP contribution in [-0.2, 0) is 14.4 Å². The third kappa shape index (κ3) is 3.13. The molecule has 174 valence electrons. The van der Waals surface area contributed by atoms with E-state index in [-0.39, 0.29) is 11.8 Å². The number of hydroxylamine groups is 1. The van der Waals surface area contributed by atoms with Crippen LogP contribution in [-0.4, -0.2) is 25.0 Å². The maximum atomic E-state index is 14.2. The van der Waals surface area contributed by atoms with E-state index in [0.29, 0.717) is 5.69 Å². The highest BCUT2D eigenvalue weighted by Gasteiger charge is 2.68. The van der Waals surface area contributed by atoms with Crippen molar-refractivity contribution in [2.45, 2.75) is 39.8 Å². The number of imide groups is 1. The van der Waals surface area contributed by atoms with Gasteiger partial charge in [0.1, 0.15) is 11.2 Å². The zero-order valence-corrected chi connectivity index (χ0v) is 20.0. The van der Waals surface area contributed by atoms with Gasteiger partial charge in [-0.05, 0) is 68.7 Å². The number of carbonyl (C=O) groups is 2. The molecule has 0 bridgehead atoms. The summed E-state index contributed by atoms with van der Waals surface area (Å²) in [5.41, 5.74) is 4.06. The summed E-state index contributed by atoms with van der Waals surface area (Å²) in [6.45, 7) is 7.72. The molecule has 6 heteroatoms. The number of nitrogens with zero attached hydrogens (tertiary/aromatic N) is 2. The normalized spacial score (nSPS) is 24.0. The molecule has 3 aromatic carbocycles. The minimum absolute atomic E-state index is 0.253. The molecule has 5 rings (SSSR count). The van der Waals surface area contributed by atoms with Gasteiger partial charge in [-0.3, -0.25) is 14.4 Å². The van der Waals surface area contributed by atoms with Crippen molar-refractivity contribution in [3.05, 3.63) is 89.0 Å². The molecule has 0 spiro atoms. The van der Waals surface area contributed by atoms with E-state index in [2.05, 4.69) is 0 Å². The van der Waals surface area contributed by atoms with E-state index >= 15 is 0 Å². The first-order valence-electron chi connectivity index (χ1n) is 11.4. The van der Waals surface area contributed by atoms with Gasteiger partial charge in [-0.15, -0.1) is 0 Å². The summed E-state index contributed by atoms with van der Waals surface area (Å²) in [5, 5.41) is 1.72. The molecule has 2 aliphatic rings. The Balaban J connectivity index is 1.65. The molecule has 2 heterocycles. The fourth-order valence-corrected chi connectivity index (χ4v) is 5.45. The largest absolute Gasteiger partial charge is 0.497 e. The van der Waals surface area contributed by atoms with Crippen LogP contribution in [0.3, 0.4) is 0 Å². The Morgan fingerprint density at radius 3 is 2.12 bits per heavy atom. The molecule has 0 aliphatic carbocycles. The first-order valence-corrected chi connectivity index (χ1v) is 11.4. The van der Waals surface area contributed by atoms with Crippen LogP contribution in [0.1, 0.15) is 35.2 Å². The maximum absolute atomic E-state index is 14.2. The van der Waals surface area contributed by atoms with Crippen molar-refractivity contribution < 1.29 is 19.2 Å². The number of carbonyl (C=O) groups excluding carboxylic acids is 2.